The van der Waals surface area contributed by atoms with Crippen molar-refractivity contribution in [2.24, 2.45) is 0 Å². The number of carbonyl (C=O) groups excluding carboxylic acids is 1. The second kappa shape index (κ2) is 27.3. The first-order valence-corrected chi connectivity index (χ1v) is 14.8. The molecular weight excluding hydrogens is 798 g/mol. The minimum atomic E-state index is -0.609. The number of methoxy groups -OCH3 is 3. The maximum Gasteiger partial charge on any atom is 1.00 e. The maximum absolute atomic E-state index is 12.7. The summed E-state index contributed by atoms with van der Waals surface area (Å²) in [4.78, 5) is 42.8. The third-order valence-electron chi connectivity index (χ3n) is 6.20. The molecule has 25 heteroatoms. The summed E-state index contributed by atoms with van der Waals surface area (Å²) in [5.41, 5.74) is 7.54. The van der Waals surface area contributed by atoms with Gasteiger partial charge in [-0.15, -0.1) is 0 Å². The number of nitrogens with zero attached hydrogens (tertiary/aromatic N) is 10. The van der Waals surface area contributed by atoms with E-state index in [4.69, 9.17) is 25.3 Å². The number of ether oxygens (including phenoxy) is 3. The summed E-state index contributed by atoms with van der Waals surface area (Å²) in [5.74, 6) is 2.52. The van der Waals surface area contributed by atoms with Gasteiger partial charge in [0, 0.05) is 23.9 Å². The van der Waals surface area contributed by atoms with Crippen molar-refractivity contribution < 1.29 is 148 Å². The maximum atomic E-state index is 12.7. The number of halogens is 1. The molecule has 0 spiro atoms. The van der Waals surface area contributed by atoms with E-state index in [-0.39, 0.29) is 128 Å². The van der Waals surface area contributed by atoms with Crippen LogP contribution in [-0.4, -0.2) is 82.4 Å². The number of benzene rings is 3. The van der Waals surface area contributed by atoms with Crippen molar-refractivity contribution in [3.8, 4) is 28.6 Å². The van der Waals surface area contributed by atoms with Gasteiger partial charge in [0.1, 0.15) is 53.6 Å². The molecule has 0 aliphatic rings. The Morgan fingerprint density at radius 3 is 1.57 bits per heavy atom. The number of hydrogen-bond acceptors (Lipinski definition) is 17. The number of aryl methyl sites for hydroxylation is 3. The van der Waals surface area contributed by atoms with E-state index in [0.717, 1.165) is 29.7 Å². The standard InChI is InChI=1S/C10H10N4O3.C10H12N4O.C7H6FNO3.C3H5N3.CH2O3.2K.H/c1-7-11-6-13(12-7)9-4-3-8(14(15)16)5-10(9)17-2;1-7-12-6-14(13-7)9-4-3-8(11)5-10(9)15-2;1-12-7-4-5(9(10)11)2-3-6(7)8;1-3-4-2-5-6-3;2-1-4-3;;;/h3-6H,1-2H3;3-6H,11H2,1-2H3;2-4H,1H3;2H,1H3,(H,4,5,6);1,3H;;;/q;;;;;2*+1;-1/p-1. The van der Waals surface area contributed by atoms with Crippen LogP contribution in [0.1, 0.15) is 18.9 Å². The van der Waals surface area contributed by atoms with E-state index in [2.05, 4.69) is 45.0 Å². The zero-order valence-corrected chi connectivity index (χ0v) is 37.8. The Hall–Kier alpha value is -4.29. The van der Waals surface area contributed by atoms with Gasteiger partial charge in [0.05, 0.1) is 43.3 Å². The number of nitrogens with two attached hydrogens (primary N) is 1. The molecular formula is C31H35FK2N12O10. The number of nitrogen functional groups attached to an aromatic ring is 1. The molecule has 56 heavy (non-hydrogen) atoms. The molecule has 0 bridgehead atoms. The monoisotopic (exact) mass is 832 g/mol. The largest absolute Gasteiger partial charge is 1.00 e. The van der Waals surface area contributed by atoms with Gasteiger partial charge in [0.25, 0.3) is 17.8 Å². The van der Waals surface area contributed by atoms with Crippen molar-refractivity contribution in [2.75, 3.05) is 27.1 Å². The van der Waals surface area contributed by atoms with E-state index >= 15 is 0 Å². The van der Waals surface area contributed by atoms with Gasteiger partial charge in [-0.3, -0.25) is 30.1 Å². The van der Waals surface area contributed by atoms with Crippen LogP contribution in [0.5, 0.6) is 17.2 Å². The molecule has 0 aliphatic carbocycles. The topological polar surface area (TPSA) is 292 Å². The fourth-order valence-electron chi connectivity index (χ4n) is 3.81. The van der Waals surface area contributed by atoms with Crippen molar-refractivity contribution in [1.29, 1.82) is 0 Å². The Bertz CT molecular complexity index is 2110. The van der Waals surface area contributed by atoms with Crippen LogP contribution < -0.4 is 128 Å². The SMILES string of the molecule is COc1cc(N)ccc1-n1cnc(C)n1.COc1cc([N+](=O)[O-])ccc1-n1cnc(C)n1.COc1cc([N+](=O)[O-])ccc1F.Cc1ncn[nH]1.O=CO[O-].[H-].[K+].[K+]. The summed E-state index contributed by atoms with van der Waals surface area (Å²) in [7, 11) is 4.30. The first-order valence-electron chi connectivity index (χ1n) is 14.8. The molecule has 6 aromatic rings. The Morgan fingerprint density at radius 2 is 1.21 bits per heavy atom. The van der Waals surface area contributed by atoms with Crippen molar-refractivity contribution in [2.45, 2.75) is 20.8 Å². The van der Waals surface area contributed by atoms with Gasteiger partial charge >= 0.3 is 103 Å². The molecule has 3 heterocycles. The van der Waals surface area contributed by atoms with Gasteiger partial charge in [-0.2, -0.15) is 15.3 Å². The third-order valence-corrected chi connectivity index (χ3v) is 6.20. The average molecular weight is 833 g/mol. The normalized spacial score (nSPS) is 9.21. The van der Waals surface area contributed by atoms with Gasteiger partial charge in [-0.25, -0.2) is 28.7 Å². The van der Waals surface area contributed by atoms with Gasteiger partial charge in [-0.1, -0.05) is 0 Å². The van der Waals surface area contributed by atoms with Crippen molar-refractivity contribution >= 4 is 23.5 Å². The molecule has 6 rings (SSSR count). The molecule has 0 atom stereocenters. The van der Waals surface area contributed by atoms with Crippen LogP contribution in [-0.2, 0) is 9.68 Å². The number of rotatable bonds is 8. The van der Waals surface area contributed by atoms with Gasteiger partial charge < -0.3 is 31.5 Å². The number of anilines is 1. The van der Waals surface area contributed by atoms with Crippen LogP contribution >= 0.6 is 0 Å². The van der Waals surface area contributed by atoms with Crippen LogP contribution in [0, 0.1) is 46.8 Å². The van der Waals surface area contributed by atoms with E-state index in [9.17, 15) is 24.6 Å². The van der Waals surface area contributed by atoms with Crippen LogP contribution in [0.4, 0.5) is 21.5 Å². The van der Waals surface area contributed by atoms with Crippen LogP contribution in [0.3, 0.4) is 0 Å². The van der Waals surface area contributed by atoms with Gasteiger partial charge in [0.2, 0.25) is 0 Å². The second-order valence-electron chi connectivity index (χ2n) is 9.86. The minimum absolute atomic E-state index is 0. The van der Waals surface area contributed by atoms with E-state index < -0.39 is 15.7 Å². The van der Waals surface area contributed by atoms with Crippen molar-refractivity contribution in [3.63, 3.8) is 0 Å². The number of nitro benzene ring substituents is 2. The fraction of sp³-hybridized carbons (Fsp3) is 0.194. The number of aromatic amines is 1. The molecule has 22 nitrogen and oxygen atoms in total. The second-order valence-corrected chi connectivity index (χ2v) is 9.86. The molecule has 3 N–H and O–H groups in total. The van der Waals surface area contributed by atoms with E-state index in [1.54, 1.807) is 43.2 Å². The molecule has 288 valence electrons. The Kier molecular flexibility index (Phi) is 25.2. The smallest absolute Gasteiger partial charge is 1.00 e. The quantitative estimate of drug-likeness (QED) is 0.0387. The predicted molar refractivity (Wildman–Crippen MR) is 185 cm³/mol. The summed E-state index contributed by atoms with van der Waals surface area (Å²) in [6, 6.07) is 12.8. The number of hydrogen-bond donors (Lipinski definition) is 2. The fourth-order valence-corrected chi connectivity index (χ4v) is 3.81. The van der Waals surface area contributed by atoms with E-state index in [1.165, 1.54) is 43.7 Å². The number of H-pyrrole nitrogens is 1. The zero-order valence-electron chi connectivity index (χ0n) is 32.5. The zero-order chi connectivity index (χ0) is 40.2. The Morgan fingerprint density at radius 1 is 0.768 bits per heavy atom. The Balaban J connectivity index is 0. The van der Waals surface area contributed by atoms with Crippen molar-refractivity contribution in [3.05, 3.63) is 117 Å². The molecule has 3 aromatic carbocycles. The summed E-state index contributed by atoms with van der Waals surface area (Å²) < 4.78 is 30.7. The number of carbonyl (C=O) groups is 1. The predicted octanol–water partition coefficient (Wildman–Crippen LogP) is -2.93. The molecule has 0 saturated carbocycles. The first kappa shape index (κ1) is 51.7. The molecule has 0 amide bonds. The van der Waals surface area contributed by atoms with Crippen LogP contribution in [0.2, 0.25) is 0 Å². The van der Waals surface area contributed by atoms with Gasteiger partial charge in [0.15, 0.2) is 17.3 Å². The molecule has 0 unspecified atom stereocenters. The van der Waals surface area contributed by atoms with Gasteiger partial charge in [-0.05, 0) is 45.0 Å². The van der Waals surface area contributed by atoms with Crippen LogP contribution in [0.25, 0.3) is 11.4 Å². The number of nitrogens with one attached hydrogen (secondary N) is 1. The summed E-state index contributed by atoms with van der Waals surface area (Å²) in [6.07, 6.45) is 4.65. The minimum Gasteiger partial charge on any atom is -1.00 e. The molecule has 0 fully saturated rings. The molecule has 3 aromatic heterocycles. The first-order chi connectivity index (χ1) is 25.8. The summed E-state index contributed by atoms with van der Waals surface area (Å²) in [5, 5.41) is 43.8. The summed E-state index contributed by atoms with van der Waals surface area (Å²) in [6.45, 7) is 5.27. The molecule has 0 radical (unpaired) electrons. The summed E-state index contributed by atoms with van der Waals surface area (Å²) >= 11 is 0. The van der Waals surface area contributed by atoms with E-state index in [0.29, 0.717) is 34.5 Å². The average Bonchev–Trinajstić information content (AvgIpc) is 3.95. The number of nitro groups is 2. The van der Waals surface area contributed by atoms with E-state index in [1.807, 2.05) is 19.9 Å². The number of aromatic nitrogens is 9. The number of non-ortho nitro benzene ring substituents is 2. The molecule has 0 saturated heterocycles. The van der Waals surface area contributed by atoms with Crippen LogP contribution in [0.15, 0.2) is 73.6 Å². The van der Waals surface area contributed by atoms with Crippen molar-refractivity contribution in [1.82, 2.24) is 44.7 Å². The molecule has 0 aliphatic heterocycles. The third kappa shape index (κ3) is 17.2. The Labute approximate surface area is 404 Å².